The number of hydrogen-bond donors (Lipinski definition) is 2. The van der Waals surface area contributed by atoms with Crippen LogP contribution in [-0.2, 0) is 24.2 Å². The van der Waals surface area contributed by atoms with E-state index in [4.69, 9.17) is 28.0 Å². The first-order valence-corrected chi connectivity index (χ1v) is 9.59. The quantitative estimate of drug-likeness (QED) is 0.642. The van der Waals surface area contributed by atoms with Crippen molar-refractivity contribution in [2.45, 2.75) is 25.6 Å². The Morgan fingerprint density at radius 1 is 1.14 bits per heavy atom. The fraction of sp³-hybridized carbons (Fsp3) is 0.350. The minimum atomic E-state index is -4.64. The maximum atomic E-state index is 10.4. The van der Waals surface area contributed by atoms with Gasteiger partial charge >= 0.3 is 6.18 Å². The van der Waals surface area contributed by atoms with E-state index < -0.39 is 12.5 Å². The van der Waals surface area contributed by atoms with E-state index in [1.54, 1.807) is 12.1 Å². The van der Waals surface area contributed by atoms with E-state index in [0.717, 1.165) is 42.2 Å². The minimum Gasteiger partial charge on any atom is -0.506 e. The van der Waals surface area contributed by atoms with Crippen LogP contribution in [0.5, 0.6) is 5.75 Å². The number of likely N-dealkylation sites (N-methyl/N-ethyl adjacent to an activating group) is 1. The topological polar surface area (TPSA) is 52.6 Å². The molecule has 1 heterocycles. The molecular weight excluding hydrogens is 428 g/mol. The van der Waals surface area contributed by atoms with Gasteiger partial charge < -0.3 is 15.3 Å². The van der Waals surface area contributed by atoms with Crippen molar-refractivity contribution in [3.8, 4) is 5.75 Å². The largest absolute Gasteiger partial charge is 0.506 e. The summed E-state index contributed by atoms with van der Waals surface area (Å²) in [6, 6.07) is 9.35. The molecule has 0 bridgehead atoms. The summed E-state index contributed by atoms with van der Waals surface area (Å²) < 4.78 is 31.2. The van der Waals surface area contributed by atoms with E-state index in [0.29, 0.717) is 11.6 Å². The lowest BCUT2D eigenvalue weighted by Crippen LogP contribution is -2.20. The molecule has 2 aromatic carbocycles. The summed E-state index contributed by atoms with van der Waals surface area (Å²) in [6.07, 6.45) is -3.67. The Hall–Kier alpha value is -1.96. The summed E-state index contributed by atoms with van der Waals surface area (Å²) in [7, 11) is 2.15. The summed E-state index contributed by atoms with van der Waals surface area (Å²) in [5.41, 5.74) is 4.70. The second kappa shape index (κ2) is 10.2. The molecule has 9 heteroatoms. The highest BCUT2D eigenvalue weighted by Gasteiger charge is 2.24. The van der Waals surface area contributed by atoms with E-state index in [-0.39, 0.29) is 5.75 Å². The van der Waals surface area contributed by atoms with Gasteiger partial charge in [-0.2, -0.15) is 13.2 Å². The number of benzene rings is 2. The summed E-state index contributed by atoms with van der Waals surface area (Å²) in [4.78, 5) is 11.0. The van der Waals surface area contributed by atoms with Crippen LogP contribution in [0, 0.1) is 0 Å². The van der Waals surface area contributed by atoms with Gasteiger partial charge in [-0.3, -0.25) is 4.79 Å². The third-order valence-electron chi connectivity index (χ3n) is 4.48. The normalized spacial score (nSPS) is 14.3. The van der Waals surface area contributed by atoms with Crippen LogP contribution in [0.25, 0.3) is 0 Å². The van der Waals surface area contributed by atoms with Crippen LogP contribution in [0.3, 0.4) is 0 Å². The molecule has 3 rings (SSSR count). The van der Waals surface area contributed by atoms with Crippen molar-refractivity contribution in [2.75, 3.05) is 25.5 Å². The zero-order valence-electron chi connectivity index (χ0n) is 15.7. The maximum Gasteiger partial charge on any atom is 0.446 e. The minimum absolute atomic E-state index is 0.102. The van der Waals surface area contributed by atoms with E-state index >= 15 is 0 Å². The van der Waals surface area contributed by atoms with Gasteiger partial charge in [0.1, 0.15) is 5.75 Å². The number of nitrogens with zero attached hydrogens (tertiary/aromatic N) is 1. The van der Waals surface area contributed by atoms with Crippen LogP contribution in [0.4, 0.5) is 18.9 Å². The highest BCUT2D eigenvalue weighted by Crippen LogP contribution is 2.32. The fourth-order valence-electron chi connectivity index (χ4n) is 2.95. The summed E-state index contributed by atoms with van der Waals surface area (Å²) in [5, 5.41) is 14.1. The van der Waals surface area contributed by atoms with Gasteiger partial charge in [-0.1, -0.05) is 35.3 Å². The van der Waals surface area contributed by atoms with Gasteiger partial charge in [0.05, 0.1) is 15.7 Å². The molecule has 0 fully saturated rings. The number of aldehydes is 1. The first-order chi connectivity index (χ1) is 13.6. The average Bonchev–Trinajstić information content (AvgIpc) is 2.85. The van der Waals surface area contributed by atoms with Gasteiger partial charge in [0.2, 0.25) is 6.29 Å². The van der Waals surface area contributed by atoms with Gasteiger partial charge in [0.15, 0.2) is 0 Å². The second-order valence-corrected chi connectivity index (χ2v) is 7.48. The van der Waals surface area contributed by atoms with Crippen molar-refractivity contribution < 1.29 is 23.1 Å². The van der Waals surface area contributed by atoms with Gasteiger partial charge in [0, 0.05) is 19.6 Å². The molecule has 0 radical (unpaired) electrons. The predicted molar refractivity (Wildman–Crippen MR) is 109 cm³/mol. The predicted octanol–water partition coefficient (Wildman–Crippen LogP) is 5.09. The molecule has 0 unspecified atom stereocenters. The molecule has 2 aromatic rings. The number of fused-ring (bicyclic) bond motifs is 1. The van der Waals surface area contributed by atoms with Gasteiger partial charge in [-0.05, 0) is 54.8 Å². The lowest BCUT2D eigenvalue weighted by molar-refractivity contribution is -0.156. The zero-order chi connectivity index (χ0) is 21.6. The van der Waals surface area contributed by atoms with Crippen LogP contribution < -0.4 is 5.32 Å². The van der Waals surface area contributed by atoms with Crippen molar-refractivity contribution in [2.24, 2.45) is 0 Å². The monoisotopic (exact) mass is 448 g/mol. The number of anilines is 1. The third kappa shape index (κ3) is 7.10. The Kier molecular flexibility index (Phi) is 8.19. The van der Waals surface area contributed by atoms with Gasteiger partial charge in [0.25, 0.3) is 0 Å². The van der Waals surface area contributed by atoms with Crippen molar-refractivity contribution in [1.29, 1.82) is 0 Å². The number of phenols is 1. The van der Waals surface area contributed by atoms with Crippen LogP contribution >= 0.6 is 23.2 Å². The molecule has 0 amide bonds. The molecule has 158 valence electrons. The number of carbonyl (C=O) groups excluding carboxylic acids is 1. The van der Waals surface area contributed by atoms with Crippen LogP contribution in [0.1, 0.15) is 16.7 Å². The maximum absolute atomic E-state index is 10.4. The molecule has 2 N–H and O–H groups in total. The number of phenolic OH excluding ortho intramolecular Hbond substituents is 1. The second-order valence-electron chi connectivity index (χ2n) is 6.66. The molecule has 0 aromatic heterocycles. The first kappa shape index (κ1) is 23.3. The Balaban J connectivity index is 0.000000438. The van der Waals surface area contributed by atoms with Crippen molar-refractivity contribution in [3.63, 3.8) is 0 Å². The number of hydrogen-bond acceptors (Lipinski definition) is 4. The molecule has 4 nitrogen and oxygen atoms in total. The SMILES string of the molecule is CN1CCc2ccc(Cl)c(NCc3ccc(O)c(Cl)c3)c2CC1.O=CC(F)(F)F. The first-order valence-electron chi connectivity index (χ1n) is 8.84. The molecule has 0 spiro atoms. The molecule has 0 saturated carbocycles. The molecular formula is C20H21Cl2F3N2O2. The van der Waals surface area contributed by atoms with E-state index in [2.05, 4.69) is 23.3 Å². The number of aromatic hydroxyl groups is 1. The molecule has 1 aliphatic heterocycles. The number of alkyl halides is 3. The smallest absolute Gasteiger partial charge is 0.446 e. The highest BCUT2D eigenvalue weighted by atomic mass is 35.5. The Morgan fingerprint density at radius 3 is 2.41 bits per heavy atom. The Labute approximate surface area is 177 Å². The third-order valence-corrected chi connectivity index (χ3v) is 5.10. The lowest BCUT2D eigenvalue weighted by atomic mass is 10.0. The number of rotatable bonds is 3. The van der Waals surface area contributed by atoms with Crippen molar-refractivity contribution in [1.82, 2.24) is 4.90 Å². The van der Waals surface area contributed by atoms with Gasteiger partial charge in [-0.25, -0.2) is 0 Å². The molecule has 0 aliphatic carbocycles. The fourth-order valence-corrected chi connectivity index (χ4v) is 3.40. The summed E-state index contributed by atoms with van der Waals surface area (Å²) in [6.45, 7) is 2.72. The molecule has 29 heavy (non-hydrogen) atoms. The highest BCUT2D eigenvalue weighted by molar-refractivity contribution is 6.33. The summed E-state index contributed by atoms with van der Waals surface area (Å²) >= 11 is 12.4. The van der Waals surface area contributed by atoms with Crippen molar-refractivity contribution >= 4 is 35.2 Å². The standard InChI is InChI=1S/C18H20Cl2N2O.C2HF3O/c1-22-8-6-13-3-4-15(19)18(14(13)7-9-22)21-11-12-2-5-17(23)16(20)10-12;3-2(4,5)1-6/h2-5,10,21,23H,6-9,11H2,1H3;1H. The van der Waals surface area contributed by atoms with E-state index in [1.165, 1.54) is 11.1 Å². The molecule has 0 saturated heterocycles. The van der Waals surface area contributed by atoms with E-state index in [9.17, 15) is 18.3 Å². The van der Waals surface area contributed by atoms with Crippen LogP contribution in [0.2, 0.25) is 10.0 Å². The average molecular weight is 449 g/mol. The number of carbonyl (C=O) groups is 1. The lowest BCUT2D eigenvalue weighted by Gasteiger charge is -2.16. The zero-order valence-corrected chi connectivity index (χ0v) is 17.2. The number of halogens is 5. The van der Waals surface area contributed by atoms with Gasteiger partial charge in [-0.15, -0.1) is 0 Å². The Bertz CT molecular complexity index is 860. The number of nitrogens with one attached hydrogen (secondary N) is 1. The molecule has 1 aliphatic rings. The van der Waals surface area contributed by atoms with Crippen LogP contribution in [-0.4, -0.2) is 42.6 Å². The van der Waals surface area contributed by atoms with E-state index in [1.807, 2.05) is 12.1 Å². The molecule has 0 atom stereocenters. The Morgan fingerprint density at radius 2 is 1.79 bits per heavy atom. The summed E-state index contributed by atoms with van der Waals surface area (Å²) in [5.74, 6) is 0.102. The van der Waals surface area contributed by atoms with Crippen molar-refractivity contribution in [3.05, 3.63) is 57.1 Å². The van der Waals surface area contributed by atoms with Crippen LogP contribution in [0.15, 0.2) is 30.3 Å².